The number of methoxy groups -OCH3 is 1. The molecule has 0 bridgehead atoms. The molecule has 2 aromatic rings. The summed E-state index contributed by atoms with van der Waals surface area (Å²) in [6.07, 6.45) is 0. The van der Waals surface area contributed by atoms with Crippen molar-refractivity contribution in [2.45, 2.75) is 17.1 Å². The van der Waals surface area contributed by atoms with E-state index in [0.717, 1.165) is 10.6 Å². The molecule has 1 atom stereocenters. The number of carbonyl (C=O) groups is 1. The van der Waals surface area contributed by atoms with Crippen LogP contribution in [0.15, 0.2) is 53.4 Å². The fourth-order valence-electron chi connectivity index (χ4n) is 1.87. The average Bonchev–Trinajstić information content (AvgIpc) is 2.55. The van der Waals surface area contributed by atoms with Crippen LogP contribution in [0.25, 0.3) is 0 Å². The number of rotatable bonds is 5. The van der Waals surface area contributed by atoms with Gasteiger partial charge in [-0.25, -0.2) is 0 Å². The standard InChI is InChI=1S/C17H16N2O2S/c1-12(22-16-9-4-3-8-15(16)21-2)17(20)19-14-7-5-6-13(10-14)11-18/h3-10,12H,1-2H3,(H,19,20). The van der Waals surface area contributed by atoms with Gasteiger partial charge in [0.1, 0.15) is 5.75 Å². The number of nitriles is 1. The van der Waals surface area contributed by atoms with Crippen molar-refractivity contribution in [3.8, 4) is 11.8 Å². The van der Waals surface area contributed by atoms with Crippen molar-refractivity contribution in [1.29, 1.82) is 5.26 Å². The molecule has 0 heterocycles. The van der Waals surface area contributed by atoms with Crippen LogP contribution in [0.5, 0.6) is 5.75 Å². The Balaban J connectivity index is 2.04. The van der Waals surface area contributed by atoms with Gasteiger partial charge in [0.05, 0.1) is 28.9 Å². The highest BCUT2D eigenvalue weighted by Gasteiger charge is 2.16. The zero-order chi connectivity index (χ0) is 15.9. The highest BCUT2D eigenvalue weighted by Crippen LogP contribution is 2.32. The predicted molar refractivity (Wildman–Crippen MR) is 88.1 cm³/mol. The summed E-state index contributed by atoms with van der Waals surface area (Å²) in [4.78, 5) is 13.2. The van der Waals surface area contributed by atoms with E-state index in [1.165, 1.54) is 11.8 Å². The molecule has 0 fully saturated rings. The van der Waals surface area contributed by atoms with E-state index < -0.39 is 0 Å². The van der Waals surface area contributed by atoms with Gasteiger partial charge in [0, 0.05) is 5.69 Å². The molecule has 2 rings (SSSR count). The number of para-hydroxylation sites is 1. The second-order valence-corrected chi connectivity index (χ2v) is 5.98. The third-order valence-corrected chi connectivity index (χ3v) is 4.16. The summed E-state index contributed by atoms with van der Waals surface area (Å²) in [5.74, 6) is 0.629. The van der Waals surface area contributed by atoms with Crippen LogP contribution in [-0.2, 0) is 4.79 Å². The Bertz CT molecular complexity index is 710. The van der Waals surface area contributed by atoms with E-state index in [9.17, 15) is 4.79 Å². The molecule has 112 valence electrons. The summed E-state index contributed by atoms with van der Waals surface area (Å²) in [5, 5.41) is 11.4. The first-order chi connectivity index (χ1) is 10.6. The molecule has 0 saturated carbocycles. The van der Waals surface area contributed by atoms with Gasteiger partial charge in [-0.3, -0.25) is 4.79 Å². The number of thioether (sulfide) groups is 1. The van der Waals surface area contributed by atoms with Crippen molar-refractivity contribution >= 4 is 23.4 Å². The first kappa shape index (κ1) is 15.9. The Morgan fingerprint density at radius 1 is 1.27 bits per heavy atom. The van der Waals surface area contributed by atoms with Crippen LogP contribution in [0.4, 0.5) is 5.69 Å². The molecule has 1 N–H and O–H groups in total. The smallest absolute Gasteiger partial charge is 0.237 e. The Morgan fingerprint density at radius 3 is 2.77 bits per heavy atom. The van der Waals surface area contributed by atoms with E-state index in [0.29, 0.717) is 11.3 Å². The molecule has 0 radical (unpaired) electrons. The van der Waals surface area contributed by atoms with Gasteiger partial charge in [0.15, 0.2) is 0 Å². The molecule has 22 heavy (non-hydrogen) atoms. The fraction of sp³-hybridized carbons (Fsp3) is 0.176. The van der Waals surface area contributed by atoms with Crippen molar-refractivity contribution in [3.05, 3.63) is 54.1 Å². The number of carbonyl (C=O) groups excluding carboxylic acids is 1. The number of benzene rings is 2. The summed E-state index contributed by atoms with van der Waals surface area (Å²) >= 11 is 1.43. The van der Waals surface area contributed by atoms with Crippen LogP contribution >= 0.6 is 11.8 Å². The number of nitrogens with one attached hydrogen (secondary N) is 1. The van der Waals surface area contributed by atoms with Gasteiger partial charge in [-0.15, -0.1) is 11.8 Å². The zero-order valence-corrected chi connectivity index (χ0v) is 13.2. The molecule has 0 saturated heterocycles. The highest BCUT2D eigenvalue weighted by atomic mass is 32.2. The predicted octanol–water partition coefficient (Wildman–Crippen LogP) is 3.69. The van der Waals surface area contributed by atoms with E-state index in [1.54, 1.807) is 31.4 Å². The van der Waals surface area contributed by atoms with E-state index in [4.69, 9.17) is 10.00 Å². The summed E-state index contributed by atoms with van der Waals surface area (Å²) in [7, 11) is 1.61. The topological polar surface area (TPSA) is 62.1 Å². The van der Waals surface area contributed by atoms with Crippen molar-refractivity contribution < 1.29 is 9.53 Å². The molecule has 0 aliphatic rings. The van der Waals surface area contributed by atoms with Crippen molar-refractivity contribution in [1.82, 2.24) is 0 Å². The highest BCUT2D eigenvalue weighted by molar-refractivity contribution is 8.00. The molecule has 4 nitrogen and oxygen atoms in total. The van der Waals surface area contributed by atoms with Gasteiger partial charge in [0.2, 0.25) is 5.91 Å². The fourth-order valence-corrected chi connectivity index (χ4v) is 2.84. The number of amides is 1. The molecule has 0 aromatic heterocycles. The van der Waals surface area contributed by atoms with Gasteiger partial charge >= 0.3 is 0 Å². The van der Waals surface area contributed by atoms with E-state index in [2.05, 4.69) is 11.4 Å². The lowest BCUT2D eigenvalue weighted by molar-refractivity contribution is -0.115. The van der Waals surface area contributed by atoms with Crippen LogP contribution in [0, 0.1) is 11.3 Å². The summed E-state index contributed by atoms with van der Waals surface area (Å²) in [6.45, 7) is 1.83. The number of nitrogens with zero attached hydrogens (tertiary/aromatic N) is 1. The SMILES string of the molecule is COc1ccccc1SC(C)C(=O)Nc1cccc(C#N)c1. The minimum Gasteiger partial charge on any atom is -0.496 e. The van der Waals surface area contributed by atoms with Crippen LogP contribution < -0.4 is 10.1 Å². The van der Waals surface area contributed by atoms with Crippen LogP contribution in [0.1, 0.15) is 12.5 Å². The lowest BCUT2D eigenvalue weighted by Gasteiger charge is -2.14. The van der Waals surface area contributed by atoms with E-state index >= 15 is 0 Å². The minimum absolute atomic E-state index is 0.119. The molecule has 0 aliphatic heterocycles. The molecule has 2 aromatic carbocycles. The van der Waals surface area contributed by atoms with Crippen molar-refractivity contribution in [2.75, 3.05) is 12.4 Å². The van der Waals surface area contributed by atoms with Gasteiger partial charge < -0.3 is 10.1 Å². The average molecular weight is 312 g/mol. The molecule has 0 aliphatic carbocycles. The van der Waals surface area contributed by atoms with Crippen LogP contribution in [-0.4, -0.2) is 18.3 Å². The summed E-state index contributed by atoms with van der Waals surface area (Å²) in [6, 6.07) is 16.5. The summed E-state index contributed by atoms with van der Waals surface area (Å²) < 4.78 is 5.29. The third kappa shape index (κ3) is 4.03. The molecule has 0 spiro atoms. The quantitative estimate of drug-likeness (QED) is 0.855. The second kappa shape index (κ2) is 7.53. The van der Waals surface area contributed by atoms with Crippen molar-refractivity contribution in [3.63, 3.8) is 0 Å². The first-order valence-electron chi connectivity index (χ1n) is 6.74. The molecular formula is C17H16N2O2S. The molecular weight excluding hydrogens is 296 g/mol. The Kier molecular flexibility index (Phi) is 5.45. The maximum atomic E-state index is 12.3. The van der Waals surface area contributed by atoms with Crippen molar-refractivity contribution in [2.24, 2.45) is 0 Å². The Labute approximate surface area is 134 Å². The maximum Gasteiger partial charge on any atom is 0.237 e. The monoisotopic (exact) mass is 312 g/mol. The van der Waals surface area contributed by atoms with Gasteiger partial charge in [0.25, 0.3) is 0 Å². The van der Waals surface area contributed by atoms with E-state index in [-0.39, 0.29) is 11.2 Å². The normalized spacial score (nSPS) is 11.3. The molecule has 5 heteroatoms. The lowest BCUT2D eigenvalue weighted by atomic mass is 10.2. The minimum atomic E-state index is -0.290. The first-order valence-corrected chi connectivity index (χ1v) is 7.62. The number of ether oxygens (including phenoxy) is 1. The Hall–Kier alpha value is -2.45. The lowest BCUT2D eigenvalue weighted by Crippen LogP contribution is -2.22. The summed E-state index contributed by atoms with van der Waals surface area (Å²) in [5.41, 5.74) is 1.14. The van der Waals surface area contributed by atoms with Gasteiger partial charge in [-0.1, -0.05) is 18.2 Å². The zero-order valence-electron chi connectivity index (χ0n) is 12.4. The van der Waals surface area contributed by atoms with Crippen LogP contribution in [0.2, 0.25) is 0 Å². The molecule has 1 unspecified atom stereocenters. The maximum absolute atomic E-state index is 12.3. The number of anilines is 1. The largest absolute Gasteiger partial charge is 0.496 e. The molecule has 1 amide bonds. The van der Waals surface area contributed by atoms with Gasteiger partial charge in [-0.2, -0.15) is 5.26 Å². The third-order valence-electron chi connectivity index (χ3n) is 3.00. The number of hydrogen-bond donors (Lipinski definition) is 1. The number of hydrogen-bond acceptors (Lipinski definition) is 4. The van der Waals surface area contributed by atoms with Gasteiger partial charge in [-0.05, 0) is 37.3 Å². The second-order valence-electron chi connectivity index (χ2n) is 4.59. The van der Waals surface area contributed by atoms with Crippen LogP contribution in [0.3, 0.4) is 0 Å². The Morgan fingerprint density at radius 2 is 2.05 bits per heavy atom. The van der Waals surface area contributed by atoms with E-state index in [1.807, 2.05) is 31.2 Å².